The molecule has 0 atom stereocenters. The molecular formula is C19H18N4S. The fourth-order valence-corrected chi connectivity index (χ4v) is 3.58. The number of benzene rings is 2. The number of aryl methyl sites for hydroxylation is 1. The monoisotopic (exact) mass is 334 g/mol. The molecule has 0 saturated carbocycles. The molecule has 0 saturated heterocycles. The van der Waals surface area contributed by atoms with Crippen LogP contribution in [0.25, 0.3) is 11.4 Å². The number of hydrogen-bond acceptors (Lipinski definition) is 4. The van der Waals surface area contributed by atoms with Gasteiger partial charge >= 0.3 is 0 Å². The molecule has 0 fully saturated rings. The number of rotatable bonds is 5. The standard InChI is InChI=1S/C19H18N4S/c1-3-23-18(15-10-6-7-14(2)11-15)21-22-19(23)24-13-17-9-5-4-8-16(17)12-20/h4-11H,3,13H2,1-2H3. The molecule has 0 spiro atoms. The smallest absolute Gasteiger partial charge is 0.191 e. The molecule has 0 N–H and O–H groups in total. The summed E-state index contributed by atoms with van der Waals surface area (Å²) in [6, 6.07) is 18.2. The van der Waals surface area contributed by atoms with Gasteiger partial charge in [-0.05, 0) is 31.5 Å². The number of nitriles is 1. The van der Waals surface area contributed by atoms with Crippen LogP contribution in [0, 0.1) is 18.3 Å². The van der Waals surface area contributed by atoms with Crippen LogP contribution in [0.5, 0.6) is 0 Å². The number of hydrogen-bond donors (Lipinski definition) is 0. The Hall–Kier alpha value is -2.58. The van der Waals surface area contributed by atoms with E-state index >= 15 is 0 Å². The van der Waals surface area contributed by atoms with Crippen molar-refractivity contribution in [2.24, 2.45) is 0 Å². The first-order chi connectivity index (χ1) is 11.7. The highest BCUT2D eigenvalue weighted by molar-refractivity contribution is 7.98. The molecule has 0 amide bonds. The zero-order valence-corrected chi connectivity index (χ0v) is 14.5. The molecule has 0 aliphatic heterocycles. The Morgan fingerprint density at radius 2 is 1.96 bits per heavy atom. The van der Waals surface area contributed by atoms with Crippen molar-refractivity contribution >= 4 is 11.8 Å². The Morgan fingerprint density at radius 1 is 1.12 bits per heavy atom. The van der Waals surface area contributed by atoms with E-state index < -0.39 is 0 Å². The van der Waals surface area contributed by atoms with Gasteiger partial charge in [-0.3, -0.25) is 0 Å². The van der Waals surface area contributed by atoms with Gasteiger partial charge in [0.15, 0.2) is 11.0 Å². The van der Waals surface area contributed by atoms with Crippen LogP contribution in [0.1, 0.15) is 23.6 Å². The molecule has 3 aromatic rings. The fourth-order valence-electron chi connectivity index (χ4n) is 2.58. The van der Waals surface area contributed by atoms with Crippen molar-refractivity contribution in [1.82, 2.24) is 14.8 Å². The van der Waals surface area contributed by atoms with Gasteiger partial charge in [-0.15, -0.1) is 10.2 Å². The maximum absolute atomic E-state index is 9.20. The average molecular weight is 334 g/mol. The van der Waals surface area contributed by atoms with Gasteiger partial charge in [0, 0.05) is 17.9 Å². The highest BCUT2D eigenvalue weighted by Crippen LogP contribution is 2.27. The largest absolute Gasteiger partial charge is 0.302 e. The van der Waals surface area contributed by atoms with Gasteiger partial charge in [-0.2, -0.15) is 5.26 Å². The minimum absolute atomic E-state index is 0.704. The van der Waals surface area contributed by atoms with Gasteiger partial charge in [0.2, 0.25) is 0 Å². The summed E-state index contributed by atoms with van der Waals surface area (Å²) in [7, 11) is 0. The van der Waals surface area contributed by atoms with Gasteiger partial charge in [-0.25, -0.2) is 0 Å². The SMILES string of the molecule is CCn1c(SCc2ccccc2C#N)nnc1-c1cccc(C)c1. The quantitative estimate of drug-likeness (QED) is 0.647. The van der Waals surface area contributed by atoms with E-state index in [1.807, 2.05) is 30.3 Å². The molecule has 24 heavy (non-hydrogen) atoms. The highest BCUT2D eigenvalue weighted by atomic mass is 32.2. The molecule has 120 valence electrons. The van der Waals surface area contributed by atoms with Crippen LogP contribution in [-0.4, -0.2) is 14.8 Å². The summed E-state index contributed by atoms with van der Waals surface area (Å²) >= 11 is 1.61. The van der Waals surface area contributed by atoms with Crippen LogP contribution in [0.4, 0.5) is 0 Å². The van der Waals surface area contributed by atoms with Crippen LogP contribution in [0.3, 0.4) is 0 Å². The van der Waals surface area contributed by atoms with Crippen molar-refractivity contribution in [3.05, 3.63) is 65.2 Å². The van der Waals surface area contributed by atoms with Crippen molar-refractivity contribution in [3.63, 3.8) is 0 Å². The van der Waals surface area contributed by atoms with E-state index in [1.165, 1.54) is 5.56 Å². The highest BCUT2D eigenvalue weighted by Gasteiger charge is 2.14. The Bertz CT molecular complexity index is 892. The third-order valence-corrected chi connectivity index (χ3v) is 4.82. The number of thioether (sulfide) groups is 1. The molecule has 5 heteroatoms. The van der Waals surface area contributed by atoms with Gasteiger partial charge in [-0.1, -0.05) is 53.7 Å². The zero-order chi connectivity index (χ0) is 16.9. The molecule has 2 aromatic carbocycles. The Labute approximate surface area is 146 Å². The van der Waals surface area contributed by atoms with Crippen LogP contribution in [0.2, 0.25) is 0 Å². The summed E-state index contributed by atoms with van der Waals surface area (Å²) in [6.07, 6.45) is 0. The van der Waals surface area contributed by atoms with Crippen LogP contribution < -0.4 is 0 Å². The van der Waals surface area contributed by atoms with Crippen LogP contribution in [0.15, 0.2) is 53.7 Å². The molecule has 1 aromatic heterocycles. The zero-order valence-electron chi connectivity index (χ0n) is 13.7. The first-order valence-electron chi connectivity index (χ1n) is 7.84. The lowest BCUT2D eigenvalue weighted by atomic mass is 10.1. The van der Waals surface area contributed by atoms with E-state index in [0.717, 1.165) is 28.7 Å². The molecule has 0 bridgehead atoms. The molecule has 4 nitrogen and oxygen atoms in total. The van der Waals surface area contributed by atoms with E-state index in [9.17, 15) is 5.26 Å². The third kappa shape index (κ3) is 3.34. The Morgan fingerprint density at radius 3 is 2.71 bits per heavy atom. The molecule has 3 rings (SSSR count). The maximum Gasteiger partial charge on any atom is 0.191 e. The summed E-state index contributed by atoms with van der Waals surface area (Å²) in [4.78, 5) is 0. The molecule has 0 radical (unpaired) electrons. The lowest BCUT2D eigenvalue weighted by Gasteiger charge is -2.08. The van der Waals surface area contributed by atoms with E-state index in [-0.39, 0.29) is 0 Å². The lowest BCUT2D eigenvalue weighted by molar-refractivity contribution is 0.687. The summed E-state index contributed by atoms with van der Waals surface area (Å²) in [5, 5.41) is 18.8. The van der Waals surface area contributed by atoms with Crippen molar-refractivity contribution in [2.45, 2.75) is 31.3 Å². The lowest BCUT2D eigenvalue weighted by Crippen LogP contribution is -2.00. The maximum atomic E-state index is 9.20. The number of nitrogens with zero attached hydrogens (tertiary/aromatic N) is 4. The van der Waals surface area contributed by atoms with Gasteiger partial charge in [0.25, 0.3) is 0 Å². The first kappa shape index (κ1) is 16.3. The van der Waals surface area contributed by atoms with E-state index in [2.05, 4.69) is 52.9 Å². The second-order valence-corrected chi connectivity index (χ2v) is 6.42. The normalized spacial score (nSPS) is 10.5. The van der Waals surface area contributed by atoms with Gasteiger partial charge in [0.05, 0.1) is 11.6 Å². The molecule has 0 unspecified atom stereocenters. The van der Waals surface area contributed by atoms with Crippen molar-refractivity contribution in [1.29, 1.82) is 5.26 Å². The van der Waals surface area contributed by atoms with Crippen LogP contribution >= 0.6 is 11.8 Å². The van der Waals surface area contributed by atoms with Crippen LogP contribution in [-0.2, 0) is 12.3 Å². The van der Waals surface area contributed by atoms with Crippen molar-refractivity contribution in [3.8, 4) is 17.5 Å². The summed E-state index contributed by atoms with van der Waals surface area (Å²) < 4.78 is 2.12. The fraction of sp³-hybridized carbons (Fsp3) is 0.211. The summed E-state index contributed by atoms with van der Waals surface area (Å²) in [6.45, 7) is 4.97. The predicted octanol–water partition coefficient (Wildman–Crippen LogP) is 4.44. The predicted molar refractivity (Wildman–Crippen MR) is 96.6 cm³/mol. The third-order valence-electron chi connectivity index (χ3n) is 3.80. The number of aromatic nitrogens is 3. The van der Waals surface area contributed by atoms with E-state index in [1.54, 1.807) is 11.8 Å². The summed E-state index contributed by atoms with van der Waals surface area (Å²) in [5.41, 5.74) is 4.02. The van der Waals surface area contributed by atoms with Gasteiger partial charge in [0.1, 0.15) is 0 Å². The summed E-state index contributed by atoms with van der Waals surface area (Å²) in [5.74, 6) is 1.59. The average Bonchev–Trinajstić information content (AvgIpc) is 3.03. The topological polar surface area (TPSA) is 54.5 Å². The molecular weight excluding hydrogens is 316 g/mol. The second-order valence-electron chi connectivity index (χ2n) is 5.48. The Balaban J connectivity index is 1.86. The minimum Gasteiger partial charge on any atom is -0.302 e. The first-order valence-corrected chi connectivity index (χ1v) is 8.82. The minimum atomic E-state index is 0.704. The second kappa shape index (κ2) is 7.33. The Kier molecular flexibility index (Phi) is 4.97. The molecule has 1 heterocycles. The van der Waals surface area contributed by atoms with E-state index in [4.69, 9.17) is 0 Å². The van der Waals surface area contributed by atoms with Gasteiger partial charge < -0.3 is 4.57 Å². The molecule has 0 aliphatic rings. The van der Waals surface area contributed by atoms with Crippen molar-refractivity contribution < 1.29 is 0 Å². The van der Waals surface area contributed by atoms with Crippen molar-refractivity contribution in [2.75, 3.05) is 0 Å². The van der Waals surface area contributed by atoms with E-state index in [0.29, 0.717) is 11.3 Å². The molecule has 0 aliphatic carbocycles.